The van der Waals surface area contributed by atoms with Gasteiger partial charge in [-0.15, -0.1) is 0 Å². The quantitative estimate of drug-likeness (QED) is 0.846. The van der Waals surface area contributed by atoms with Crippen molar-refractivity contribution in [3.8, 4) is 0 Å². The molecule has 1 aliphatic heterocycles. The summed E-state index contributed by atoms with van der Waals surface area (Å²) >= 11 is 0. The predicted molar refractivity (Wildman–Crippen MR) is 69.8 cm³/mol. The van der Waals surface area contributed by atoms with Gasteiger partial charge in [0.2, 0.25) is 0 Å². The highest BCUT2D eigenvalue weighted by Crippen LogP contribution is 2.35. The normalized spacial score (nSPS) is 20.6. The molecule has 0 spiro atoms. The maximum atomic E-state index is 13.9. The largest absolute Gasteiger partial charge is 0.310 e. The zero-order chi connectivity index (χ0) is 13.2. The van der Waals surface area contributed by atoms with Crippen LogP contribution in [0.3, 0.4) is 0 Å². The van der Waals surface area contributed by atoms with Gasteiger partial charge in [-0.3, -0.25) is 0 Å². The van der Waals surface area contributed by atoms with Gasteiger partial charge in [0.05, 0.1) is 0 Å². The average Bonchev–Trinajstić information content (AvgIpc) is 2.81. The fourth-order valence-corrected chi connectivity index (χ4v) is 2.56. The Morgan fingerprint density at radius 1 is 1.28 bits per heavy atom. The van der Waals surface area contributed by atoms with Crippen LogP contribution in [0.25, 0.3) is 0 Å². The highest BCUT2D eigenvalue weighted by molar-refractivity contribution is 5.28. The lowest BCUT2D eigenvalue weighted by Gasteiger charge is -2.20. The number of alkyl halides is 2. The molecule has 1 aromatic carbocycles. The molecule has 1 fully saturated rings. The van der Waals surface area contributed by atoms with E-state index in [2.05, 4.69) is 5.32 Å². The van der Waals surface area contributed by atoms with E-state index >= 15 is 0 Å². The lowest BCUT2D eigenvalue weighted by Crippen LogP contribution is -2.17. The molecule has 3 heteroatoms. The number of rotatable bonds is 4. The average molecular weight is 253 g/mol. The van der Waals surface area contributed by atoms with E-state index in [1.807, 2.05) is 26.0 Å². The molecule has 0 aromatic heterocycles. The molecule has 0 amide bonds. The molecule has 0 aliphatic carbocycles. The number of hydrogen-bond donors (Lipinski definition) is 1. The van der Waals surface area contributed by atoms with Crippen LogP contribution in [-0.4, -0.2) is 6.54 Å². The van der Waals surface area contributed by atoms with Gasteiger partial charge < -0.3 is 5.32 Å². The van der Waals surface area contributed by atoms with Crippen molar-refractivity contribution >= 4 is 0 Å². The summed E-state index contributed by atoms with van der Waals surface area (Å²) < 4.78 is 27.8. The van der Waals surface area contributed by atoms with E-state index in [-0.39, 0.29) is 17.9 Å². The summed E-state index contributed by atoms with van der Waals surface area (Å²) in [5.41, 5.74) is 1.26. The zero-order valence-electron chi connectivity index (χ0n) is 11.0. The van der Waals surface area contributed by atoms with Gasteiger partial charge in [-0.2, -0.15) is 0 Å². The van der Waals surface area contributed by atoms with Gasteiger partial charge in [0, 0.05) is 18.0 Å². The second-order valence-electron chi connectivity index (χ2n) is 5.57. The van der Waals surface area contributed by atoms with Crippen molar-refractivity contribution in [1.29, 1.82) is 0 Å². The predicted octanol–water partition coefficient (Wildman–Crippen LogP) is 4.25. The van der Waals surface area contributed by atoms with Gasteiger partial charge in [0.25, 0.3) is 5.92 Å². The maximum absolute atomic E-state index is 13.9. The SMILES string of the molecule is CC(C)CC(F)(F)c1ccc(C2CCCN2)cc1. The van der Waals surface area contributed by atoms with Crippen LogP contribution in [0.5, 0.6) is 0 Å². The fraction of sp³-hybridized carbons (Fsp3) is 0.600. The van der Waals surface area contributed by atoms with Crippen LogP contribution in [0.4, 0.5) is 8.78 Å². The van der Waals surface area contributed by atoms with Crippen LogP contribution >= 0.6 is 0 Å². The Labute approximate surface area is 108 Å². The van der Waals surface area contributed by atoms with Gasteiger partial charge in [-0.05, 0) is 30.9 Å². The first-order chi connectivity index (χ1) is 8.49. The Morgan fingerprint density at radius 2 is 1.94 bits per heavy atom. The van der Waals surface area contributed by atoms with Crippen molar-refractivity contribution in [2.45, 2.75) is 45.1 Å². The fourth-order valence-electron chi connectivity index (χ4n) is 2.56. The summed E-state index contributed by atoms with van der Waals surface area (Å²) in [5, 5.41) is 3.38. The summed E-state index contributed by atoms with van der Waals surface area (Å²) in [4.78, 5) is 0. The Morgan fingerprint density at radius 3 is 2.44 bits per heavy atom. The van der Waals surface area contributed by atoms with E-state index in [1.165, 1.54) is 0 Å². The van der Waals surface area contributed by atoms with Crippen molar-refractivity contribution in [1.82, 2.24) is 5.32 Å². The second-order valence-corrected chi connectivity index (χ2v) is 5.57. The van der Waals surface area contributed by atoms with Crippen molar-refractivity contribution < 1.29 is 8.78 Å². The monoisotopic (exact) mass is 253 g/mol. The molecule has 1 nitrogen and oxygen atoms in total. The standard InChI is InChI=1S/C15H21F2N/c1-11(2)10-15(16,17)13-7-5-12(6-8-13)14-4-3-9-18-14/h5-8,11,14,18H,3-4,9-10H2,1-2H3. The summed E-state index contributed by atoms with van der Waals surface area (Å²) in [6.45, 7) is 4.67. The first-order valence-corrected chi connectivity index (χ1v) is 6.70. The summed E-state index contributed by atoms with van der Waals surface area (Å²) in [5.74, 6) is -2.72. The molecule has 1 aromatic rings. The molecule has 1 aliphatic rings. The number of halogens is 2. The Bertz CT molecular complexity index is 378. The molecule has 0 bridgehead atoms. The van der Waals surface area contributed by atoms with Crippen molar-refractivity contribution in [2.24, 2.45) is 5.92 Å². The van der Waals surface area contributed by atoms with E-state index in [4.69, 9.17) is 0 Å². The number of nitrogens with one attached hydrogen (secondary N) is 1. The van der Waals surface area contributed by atoms with Gasteiger partial charge >= 0.3 is 0 Å². The molecule has 2 rings (SSSR count). The summed E-state index contributed by atoms with van der Waals surface area (Å²) in [6.07, 6.45) is 2.17. The second kappa shape index (κ2) is 5.35. The van der Waals surface area contributed by atoms with Crippen molar-refractivity contribution in [2.75, 3.05) is 6.54 Å². The third kappa shape index (κ3) is 3.08. The van der Waals surface area contributed by atoms with E-state index in [1.54, 1.807) is 12.1 Å². The van der Waals surface area contributed by atoms with Crippen LogP contribution in [-0.2, 0) is 5.92 Å². The van der Waals surface area contributed by atoms with Crippen molar-refractivity contribution in [3.05, 3.63) is 35.4 Å². The van der Waals surface area contributed by atoms with E-state index in [9.17, 15) is 8.78 Å². The number of hydrogen-bond acceptors (Lipinski definition) is 1. The van der Waals surface area contributed by atoms with Crippen LogP contribution < -0.4 is 5.32 Å². The minimum atomic E-state index is -2.71. The van der Waals surface area contributed by atoms with E-state index < -0.39 is 5.92 Å². The zero-order valence-corrected chi connectivity index (χ0v) is 11.0. The summed E-state index contributed by atoms with van der Waals surface area (Å²) in [7, 11) is 0. The van der Waals surface area contributed by atoms with E-state index in [0.717, 1.165) is 24.9 Å². The van der Waals surface area contributed by atoms with Crippen LogP contribution in [0.15, 0.2) is 24.3 Å². The maximum Gasteiger partial charge on any atom is 0.273 e. The van der Waals surface area contributed by atoms with Gasteiger partial charge in [0.15, 0.2) is 0 Å². The lowest BCUT2D eigenvalue weighted by atomic mass is 9.96. The van der Waals surface area contributed by atoms with Crippen molar-refractivity contribution in [3.63, 3.8) is 0 Å². The molecule has 1 atom stereocenters. The van der Waals surface area contributed by atoms with E-state index in [0.29, 0.717) is 6.04 Å². The smallest absolute Gasteiger partial charge is 0.273 e. The molecule has 0 saturated carbocycles. The first kappa shape index (κ1) is 13.5. The Kier molecular flexibility index (Phi) is 4.00. The number of benzene rings is 1. The third-order valence-electron chi connectivity index (χ3n) is 3.46. The topological polar surface area (TPSA) is 12.0 Å². The first-order valence-electron chi connectivity index (χ1n) is 6.70. The van der Waals surface area contributed by atoms with Gasteiger partial charge in [0.1, 0.15) is 0 Å². The molecule has 18 heavy (non-hydrogen) atoms. The minimum Gasteiger partial charge on any atom is -0.310 e. The van der Waals surface area contributed by atoms with Crippen LogP contribution in [0.1, 0.15) is 50.3 Å². The lowest BCUT2D eigenvalue weighted by molar-refractivity contribution is -0.0249. The molecule has 1 N–H and O–H groups in total. The molecular formula is C15H21F2N. The third-order valence-corrected chi connectivity index (χ3v) is 3.46. The molecule has 1 heterocycles. The van der Waals surface area contributed by atoms with Crippen LogP contribution in [0.2, 0.25) is 0 Å². The van der Waals surface area contributed by atoms with Crippen LogP contribution in [0, 0.1) is 5.92 Å². The minimum absolute atomic E-state index is 0.00354. The van der Waals surface area contributed by atoms with Gasteiger partial charge in [-0.1, -0.05) is 38.1 Å². The molecule has 1 unspecified atom stereocenters. The highest BCUT2D eigenvalue weighted by atomic mass is 19.3. The van der Waals surface area contributed by atoms with Gasteiger partial charge in [-0.25, -0.2) is 8.78 Å². The molecule has 1 saturated heterocycles. The molecule has 100 valence electrons. The Hall–Kier alpha value is -0.960. The molecular weight excluding hydrogens is 232 g/mol. The molecule has 0 radical (unpaired) electrons. The summed E-state index contributed by atoms with van der Waals surface area (Å²) in [6, 6.07) is 7.19. The highest BCUT2D eigenvalue weighted by Gasteiger charge is 2.32. The Balaban J connectivity index is 2.11.